The first-order chi connectivity index (χ1) is 6.22. The molecule has 0 radical (unpaired) electrons. The molecule has 0 atom stereocenters. The average molecular weight is 248 g/mol. The molecule has 0 bridgehead atoms. The van der Waals surface area contributed by atoms with Crippen LogP contribution >= 0.6 is 15.9 Å². The summed E-state index contributed by atoms with van der Waals surface area (Å²) in [6.07, 6.45) is 4.10. The van der Waals surface area contributed by atoms with Crippen LogP contribution in [0.5, 0.6) is 0 Å². The van der Waals surface area contributed by atoms with E-state index in [-0.39, 0.29) is 0 Å². The summed E-state index contributed by atoms with van der Waals surface area (Å²) in [4.78, 5) is 3.92. The number of aliphatic imine (C=N–C) groups is 1. The van der Waals surface area contributed by atoms with Crippen LogP contribution in [0.4, 0.5) is 0 Å². The maximum Gasteiger partial charge on any atom is 0.0688 e. The summed E-state index contributed by atoms with van der Waals surface area (Å²) in [6.45, 7) is 5.73. The number of allylic oxidation sites excluding steroid dienone is 1. The van der Waals surface area contributed by atoms with E-state index < -0.39 is 0 Å². The maximum absolute atomic E-state index is 5.45. The average Bonchev–Trinajstić information content (AvgIpc) is 2.12. The summed E-state index contributed by atoms with van der Waals surface area (Å²) in [5.74, 6) is 0. The van der Waals surface area contributed by atoms with Gasteiger partial charge < -0.3 is 4.74 Å². The molecular formula is C10H18BrNO. The molecule has 0 saturated carbocycles. The van der Waals surface area contributed by atoms with E-state index in [2.05, 4.69) is 27.8 Å². The lowest BCUT2D eigenvalue weighted by molar-refractivity contribution is 0.153. The van der Waals surface area contributed by atoms with Crippen LogP contribution in [0, 0.1) is 0 Å². The van der Waals surface area contributed by atoms with Gasteiger partial charge in [0.2, 0.25) is 0 Å². The molecule has 0 heterocycles. The highest BCUT2D eigenvalue weighted by atomic mass is 79.9. The summed E-state index contributed by atoms with van der Waals surface area (Å²) in [7, 11) is 1.76. The molecule has 13 heavy (non-hydrogen) atoms. The van der Waals surface area contributed by atoms with Crippen molar-refractivity contribution in [2.45, 2.75) is 26.7 Å². The van der Waals surface area contributed by atoms with Crippen LogP contribution in [-0.4, -0.2) is 26.5 Å². The molecule has 0 aromatic carbocycles. The van der Waals surface area contributed by atoms with Gasteiger partial charge in [-0.15, -0.1) is 0 Å². The first-order valence-electron chi connectivity index (χ1n) is 4.57. The molecule has 0 aliphatic carbocycles. The number of rotatable bonds is 6. The van der Waals surface area contributed by atoms with E-state index >= 15 is 0 Å². The van der Waals surface area contributed by atoms with Crippen LogP contribution in [0.2, 0.25) is 0 Å². The predicted octanol–water partition coefficient (Wildman–Crippen LogP) is 3.17. The van der Waals surface area contributed by atoms with Crippen molar-refractivity contribution in [2.24, 2.45) is 4.99 Å². The monoisotopic (exact) mass is 247 g/mol. The molecule has 76 valence electrons. The van der Waals surface area contributed by atoms with Gasteiger partial charge in [-0.1, -0.05) is 13.3 Å². The second-order valence-electron chi connectivity index (χ2n) is 2.92. The zero-order valence-electron chi connectivity index (χ0n) is 8.64. The number of nitrogens with zero attached hydrogens (tertiary/aromatic N) is 1. The lowest BCUT2D eigenvalue weighted by Crippen LogP contribution is -1.99. The Balaban J connectivity index is 3.71. The smallest absolute Gasteiger partial charge is 0.0688 e. The minimum absolute atomic E-state index is 0.687. The van der Waals surface area contributed by atoms with Gasteiger partial charge >= 0.3 is 0 Å². The zero-order chi connectivity index (χ0) is 10.1. The molecule has 0 unspecified atom stereocenters. The van der Waals surface area contributed by atoms with Gasteiger partial charge in [0.25, 0.3) is 0 Å². The third-order valence-corrected chi connectivity index (χ3v) is 2.49. The van der Waals surface area contributed by atoms with Gasteiger partial charge in [0.05, 0.1) is 6.61 Å². The Kier molecular flexibility index (Phi) is 8.35. The highest BCUT2D eigenvalue weighted by Crippen LogP contribution is 2.09. The molecule has 0 N–H and O–H groups in total. The second kappa shape index (κ2) is 8.45. The van der Waals surface area contributed by atoms with E-state index in [1.54, 1.807) is 13.3 Å². The molecule has 0 aromatic rings. The van der Waals surface area contributed by atoms with Crippen molar-refractivity contribution in [1.29, 1.82) is 0 Å². The fourth-order valence-electron chi connectivity index (χ4n) is 0.764. The molecule has 2 nitrogen and oxygen atoms in total. The third-order valence-electron chi connectivity index (χ3n) is 1.61. The lowest BCUT2D eigenvalue weighted by atomic mass is 10.3. The van der Waals surface area contributed by atoms with E-state index in [4.69, 9.17) is 4.74 Å². The molecule has 0 spiro atoms. The van der Waals surface area contributed by atoms with Crippen LogP contribution in [0.25, 0.3) is 0 Å². The van der Waals surface area contributed by atoms with Crippen LogP contribution < -0.4 is 0 Å². The first-order valence-corrected chi connectivity index (χ1v) is 5.36. The fraction of sp³-hybridized carbons (Fsp3) is 0.700. The van der Waals surface area contributed by atoms with Gasteiger partial charge in [0, 0.05) is 24.4 Å². The number of halogens is 1. The zero-order valence-corrected chi connectivity index (χ0v) is 10.2. The summed E-state index contributed by atoms with van der Waals surface area (Å²) >= 11 is 3.42. The molecule has 0 amide bonds. The van der Waals surface area contributed by atoms with Crippen molar-refractivity contribution < 1.29 is 4.74 Å². The van der Waals surface area contributed by atoms with Crippen LogP contribution in [0.3, 0.4) is 0 Å². The molecular weight excluding hydrogens is 230 g/mol. The second-order valence-corrected chi connectivity index (χ2v) is 3.78. The van der Waals surface area contributed by atoms with Gasteiger partial charge in [-0.25, -0.2) is 0 Å². The molecule has 0 aliphatic heterocycles. The Bertz CT molecular complexity index is 187. The summed E-state index contributed by atoms with van der Waals surface area (Å²) in [5.41, 5.74) is 1.18. The Morgan fingerprint density at radius 3 is 2.77 bits per heavy atom. The van der Waals surface area contributed by atoms with Crippen molar-refractivity contribution in [3.63, 3.8) is 0 Å². The Labute approximate surface area is 89.2 Å². The molecule has 3 heteroatoms. The van der Waals surface area contributed by atoms with Crippen molar-refractivity contribution in [1.82, 2.24) is 0 Å². The molecule has 0 saturated heterocycles. The maximum atomic E-state index is 5.45. The van der Waals surface area contributed by atoms with Gasteiger partial charge in [0.15, 0.2) is 0 Å². The largest absolute Gasteiger partial charge is 0.377 e. The minimum atomic E-state index is 0.687. The Morgan fingerprint density at radius 1 is 1.54 bits per heavy atom. The molecule has 0 aliphatic rings. The van der Waals surface area contributed by atoms with Crippen LogP contribution in [0.15, 0.2) is 15.0 Å². The SMILES string of the molecule is CCCCOC/C(C)=C(Br)/C=N\C. The fourth-order valence-corrected chi connectivity index (χ4v) is 1.08. The number of hydrogen-bond donors (Lipinski definition) is 0. The summed E-state index contributed by atoms with van der Waals surface area (Å²) < 4.78 is 6.47. The van der Waals surface area contributed by atoms with Crippen molar-refractivity contribution in [2.75, 3.05) is 20.3 Å². The Hall–Kier alpha value is -0.150. The lowest BCUT2D eigenvalue weighted by Gasteiger charge is -2.04. The van der Waals surface area contributed by atoms with E-state index in [1.807, 2.05) is 6.92 Å². The standard InChI is InChI=1S/C10H18BrNO/c1-4-5-6-13-8-9(2)10(11)7-12-3/h7H,4-6,8H2,1-3H3/b10-9-,12-7-. The highest BCUT2D eigenvalue weighted by molar-refractivity contribution is 9.12. The normalized spacial score (nSPS) is 13.5. The number of unbranched alkanes of at least 4 members (excludes halogenated alkanes) is 1. The quantitative estimate of drug-likeness (QED) is 0.522. The molecule has 0 aromatic heterocycles. The van der Waals surface area contributed by atoms with Gasteiger partial charge in [-0.2, -0.15) is 0 Å². The first kappa shape index (κ1) is 12.8. The minimum Gasteiger partial charge on any atom is -0.377 e. The van der Waals surface area contributed by atoms with Gasteiger partial charge in [-0.3, -0.25) is 4.99 Å². The summed E-state index contributed by atoms with van der Waals surface area (Å²) in [6, 6.07) is 0. The van der Waals surface area contributed by atoms with Crippen molar-refractivity contribution in [3.8, 4) is 0 Å². The third kappa shape index (κ3) is 6.96. The molecule has 0 rings (SSSR count). The summed E-state index contributed by atoms with van der Waals surface area (Å²) in [5, 5.41) is 0. The molecule has 0 fully saturated rings. The highest BCUT2D eigenvalue weighted by Gasteiger charge is 1.95. The van der Waals surface area contributed by atoms with Crippen molar-refractivity contribution in [3.05, 3.63) is 10.1 Å². The van der Waals surface area contributed by atoms with Crippen molar-refractivity contribution >= 4 is 22.1 Å². The Morgan fingerprint density at radius 2 is 2.23 bits per heavy atom. The van der Waals surface area contributed by atoms with Gasteiger partial charge in [0.1, 0.15) is 0 Å². The van der Waals surface area contributed by atoms with E-state index in [1.165, 1.54) is 12.0 Å². The predicted molar refractivity (Wildman–Crippen MR) is 61.8 cm³/mol. The van der Waals surface area contributed by atoms with E-state index in [9.17, 15) is 0 Å². The van der Waals surface area contributed by atoms with Crippen LogP contribution in [-0.2, 0) is 4.74 Å². The number of ether oxygens (including phenoxy) is 1. The van der Waals surface area contributed by atoms with Gasteiger partial charge in [-0.05, 0) is 34.8 Å². The van der Waals surface area contributed by atoms with E-state index in [0.717, 1.165) is 17.5 Å². The van der Waals surface area contributed by atoms with E-state index in [0.29, 0.717) is 6.61 Å². The topological polar surface area (TPSA) is 21.6 Å². The number of hydrogen-bond acceptors (Lipinski definition) is 2. The van der Waals surface area contributed by atoms with Crippen LogP contribution in [0.1, 0.15) is 26.7 Å².